The van der Waals surface area contributed by atoms with E-state index >= 15 is 0 Å². The number of methoxy groups -OCH3 is 1. The van der Waals surface area contributed by atoms with Crippen molar-refractivity contribution >= 4 is 5.91 Å². The van der Waals surface area contributed by atoms with Crippen LogP contribution < -0.4 is 14.8 Å². The zero-order valence-corrected chi connectivity index (χ0v) is 16.5. The first kappa shape index (κ1) is 20.4. The highest BCUT2D eigenvalue weighted by molar-refractivity contribution is 5.92. The number of carbonyl (C=O) groups excluding carboxylic acids is 1. The SMILES string of the molecule is CCCCOc1ccc(CNC(=O)c2ccn(-c3ccccc3F)n2)cc1OC. The Kier molecular flexibility index (Phi) is 6.84. The smallest absolute Gasteiger partial charge is 0.272 e. The van der Waals surface area contributed by atoms with Crippen molar-refractivity contribution in [3.05, 3.63) is 71.8 Å². The molecular weight excluding hydrogens is 373 g/mol. The summed E-state index contributed by atoms with van der Waals surface area (Å²) in [5, 5.41) is 6.98. The summed E-state index contributed by atoms with van der Waals surface area (Å²) in [5.74, 6) is 0.551. The fourth-order valence-corrected chi connectivity index (χ4v) is 2.76. The molecule has 0 saturated heterocycles. The molecule has 0 atom stereocenters. The fraction of sp³-hybridized carbons (Fsp3) is 0.273. The lowest BCUT2D eigenvalue weighted by atomic mass is 10.2. The van der Waals surface area contributed by atoms with E-state index in [1.807, 2.05) is 18.2 Å². The van der Waals surface area contributed by atoms with Gasteiger partial charge in [-0.2, -0.15) is 5.10 Å². The summed E-state index contributed by atoms with van der Waals surface area (Å²) in [6.45, 7) is 3.04. The minimum absolute atomic E-state index is 0.208. The summed E-state index contributed by atoms with van der Waals surface area (Å²) in [5.41, 5.74) is 1.36. The summed E-state index contributed by atoms with van der Waals surface area (Å²) in [6, 6.07) is 13.4. The van der Waals surface area contributed by atoms with Crippen LogP contribution in [-0.2, 0) is 6.54 Å². The second kappa shape index (κ2) is 9.73. The van der Waals surface area contributed by atoms with E-state index in [2.05, 4.69) is 17.3 Å². The number of hydrogen-bond acceptors (Lipinski definition) is 4. The van der Waals surface area contributed by atoms with E-state index in [0.717, 1.165) is 18.4 Å². The first-order valence-corrected chi connectivity index (χ1v) is 9.51. The molecule has 1 amide bonds. The van der Waals surface area contributed by atoms with Gasteiger partial charge in [-0.25, -0.2) is 9.07 Å². The Balaban J connectivity index is 1.63. The number of nitrogens with one attached hydrogen (secondary N) is 1. The zero-order valence-electron chi connectivity index (χ0n) is 16.5. The summed E-state index contributed by atoms with van der Waals surface area (Å²) < 4.78 is 26.3. The van der Waals surface area contributed by atoms with Gasteiger partial charge in [0, 0.05) is 12.7 Å². The van der Waals surface area contributed by atoms with Gasteiger partial charge in [0.25, 0.3) is 5.91 Å². The minimum atomic E-state index is -0.407. The molecule has 0 aliphatic rings. The molecule has 2 aromatic carbocycles. The molecule has 0 fully saturated rings. The summed E-state index contributed by atoms with van der Waals surface area (Å²) >= 11 is 0. The molecule has 3 rings (SSSR count). The third-order valence-electron chi connectivity index (χ3n) is 4.36. The van der Waals surface area contributed by atoms with Gasteiger partial charge in [0.05, 0.1) is 13.7 Å². The van der Waals surface area contributed by atoms with Crippen molar-refractivity contribution in [3.8, 4) is 17.2 Å². The fourth-order valence-electron chi connectivity index (χ4n) is 2.76. The number of unbranched alkanes of at least 4 members (excludes halogenated alkanes) is 1. The maximum atomic E-state index is 13.9. The van der Waals surface area contributed by atoms with Gasteiger partial charge in [-0.1, -0.05) is 31.5 Å². The van der Waals surface area contributed by atoms with Crippen LogP contribution in [0.3, 0.4) is 0 Å². The molecule has 3 aromatic rings. The van der Waals surface area contributed by atoms with Crippen LogP contribution in [0, 0.1) is 5.82 Å². The summed E-state index contributed by atoms with van der Waals surface area (Å²) in [6.07, 6.45) is 3.58. The molecule has 7 heteroatoms. The number of carbonyl (C=O) groups is 1. The van der Waals surface area contributed by atoms with Crippen molar-refractivity contribution in [1.29, 1.82) is 0 Å². The number of amides is 1. The Morgan fingerprint density at radius 2 is 2.00 bits per heavy atom. The van der Waals surface area contributed by atoms with Gasteiger partial charge in [-0.15, -0.1) is 0 Å². The number of halogens is 1. The van der Waals surface area contributed by atoms with Crippen LogP contribution in [-0.4, -0.2) is 29.4 Å². The number of hydrogen-bond donors (Lipinski definition) is 1. The average molecular weight is 397 g/mol. The van der Waals surface area contributed by atoms with Crippen LogP contribution in [0.15, 0.2) is 54.7 Å². The Bertz CT molecular complexity index is 971. The highest BCUT2D eigenvalue weighted by Crippen LogP contribution is 2.28. The Morgan fingerprint density at radius 1 is 1.17 bits per heavy atom. The molecule has 0 unspecified atom stereocenters. The van der Waals surface area contributed by atoms with Gasteiger partial charge < -0.3 is 14.8 Å². The van der Waals surface area contributed by atoms with E-state index in [1.54, 1.807) is 37.6 Å². The predicted octanol–water partition coefficient (Wildman–Crippen LogP) is 4.13. The molecule has 0 aliphatic carbocycles. The molecule has 1 heterocycles. The van der Waals surface area contributed by atoms with Gasteiger partial charge in [0.2, 0.25) is 0 Å². The molecule has 29 heavy (non-hydrogen) atoms. The van der Waals surface area contributed by atoms with Crippen molar-refractivity contribution in [2.24, 2.45) is 0 Å². The second-order valence-corrected chi connectivity index (χ2v) is 6.47. The van der Waals surface area contributed by atoms with Crippen LogP contribution in [0.4, 0.5) is 4.39 Å². The monoisotopic (exact) mass is 397 g/mol. The second-order valence-electron chi connectivity index (χ2n) is 6.47. The van der Waals surface area contributed by atoms with Crippen molar-refractivity contribution in [1.82, 2.24) is 15.1 Å². The summed E-state index contributed by atoms with van der Waals surface area (Å²) in [4.78, 5) is 12.4. The molecule has 1 aromatic heterocycles. The zero-order chi connectivity index (χ0) is 20.6. The maximum absolute atomic E-state index is 13.9. The van der Waals surface area contributed by atoms with Gasteiger partial charge in [0.15, 0.2) is 17.2 Å². The predicted molar refractivity (Wildman–Crippen MR) is 108 cm³/mol. The Morgan fingerprint density at radius 3 is 2.76 bits per heavy atom. The largest absolute Gasteiger partial charge is 0.493 e. The lowest BCUT2D eigenvalue weighted by Crippen LogP contribution is -2.23. The lowest BCUT2D eigenvalue weighted by molar-refractivity contribution is 0.0945. The number of aromatic nitrogens is 2. The number of nitrogens with zero attached hydrogens (tertiary/aromatic N) is 2. The van der Waals surface area contributed by atoms with Crippen LogP contribution in [0.2, 0.25) is 0 Å². The molecule has 0 bridgehead atoms. The highest BCUT2D eigenvalue weighted by atomic mass is 19.1. The van der Waals surface area contributed by atoms with E-state index in [1.165, 1.54) is 10.7 Å². The number of ether oxygens (including phenoxy) is 2. The molecular formula is C22H24FN3O3. The molecule has 6 nitrogen and oxygen atoms in total. The van der Waals surface area contributed by atoms with Crippen molar-refractivity contribution in [2.75, 3.05) is 13.7 Å². The Labute approximate surface area is 169 Å². The van der Waals surface area contributed by atoms with E-state index in [4.69, 9.17) is 9.47 Å². The average Bonchev–Trinajstić information content (AvgIpc) is 3.23. The first-order chi connectivity index (χ1) is 14.1. The quantitative estimate of drug-likeness (QED) is 0.552. The van der Waals surface area contributed by atoms with Crippen molar-refractivity contribution in [2.45, 2.75) is 26.3 Å². The van der Waals surface area contributed by atoms with Gasteiger partial charge in [-0.3, -0.25) is 4.79 Å². The standard InChI is InChI=1S/C22H24FN3O3/c1-3-4-13-29-20-10-9-16(14-21(20)28-2)15-24-22(27)18-11-12-26(25-18)19-8-6-5-7-17(19)23/h5-12,14H,3-4,13,15H2,1-2H3,(H,24,27). The summed E-state index contributed by atoms with van der Waals surface area (Å²) in [7, 11) is 1.58. The van der Waals surface area contributed by atoms with Gasteiger partial charge >= 0.3 is 0 Å². The van der Waals surface area contributed by atoms with Crippen LogP contribution in [0.1, 0.15) is 35.8 Å². The highest BCUT2D eigenvalue weighted by Gasteiger charge is 2.12. The first-order valence-electron chi connectivity index (χ1n) is 9.51. The molecule has 0 saturated carbocycles. The number of para-hydroxylation sites is 1. The topological polar surface area (TPSA) is 65.4 Å². The third kappa shape index (κ3) is 5.13. The van der Waals surface area contributed by atoms with Crippen LogP contribution in [0.25, 0.3) is 5.69 Å². The number of rotatable bonds is 9. The van der Waals surface area contributed by atoms with E-state index in [9.17, 15) is 9.18 Å². The molecule has 1 N–H and O–H groups in total. The lowest BCUT2D eigenvalue weighted by Gasteiger charge is -2.12. The normalized spacial score (nSPS) is 10.6. The Hall–Kier alpha value is -3.35. The van der Waals surface area contributed by atoms with Crippen molar-refractivity contribution < 1.29 is 18.7 Å². The van der Waals surface area contributed by atoms with E-state index in [-0.39, 0.29) is 17.3 Å². The molecule has 0 radical (unpaired) electrons. The van der Waals surface area contributed by atoms with E-state index in [0.29, 0.717) is 24.7 Å². The third-order valence-corrected chi connectivity index (χ3v) is 4.36. The molecule has 152 valence electrons. The van der Waals surface area contributed by atoms with Gasteiger partial charge in [-0.05, 0) is 42.3 Å². The maximum Gasteiger partial charge on any atom is 0.272 e. The van der Waals surface area contributed by atoms with Crippen LogP contribution >= 0.6 is 0 Å². The van der Waals surface area contributed by atoms with Gasteiger partial charge in [0.1, 0.15) is 11.5 Å². The minimum Gasteiger partial charge on any atom is -0.493 e. The van der Waals surface area contributed by atoms with Crippen molar-refractivity contribution in [3.63, 3.8) is 0 Å². The molecule has 0 spiro atoms. The van der Waals surface area contributed by atoms with Crippen LogP contribution in [0.5, 0.6) is 11.5 Å². The van der Waals surface area contributed by atoms with E-state index < -0.39 is 5.82 Å². The molecule has 0 aliphatic heterocycles. The number of benzene rings is 2.